The molecular formula is C21H23N3O2S. The third-order valence-electron chi connectivity index (χ3n) is 5.17. The van der Waals surface area contributed by atoms with Crippen LogP contribution in [0.3, 0.4) is 0 Å². The van der Waals surface area contributed by atoms with Crippen LogP contribution < -0.4 is 10.9 Å². The van der Waals surface area contributed by atoms with E-state index in [1.54, 1.807) is 11.8 Å². The first-order chi connectivity index (χ1) is 13.2. The summed E-state index contributed by atoms with van der Waals surface area (Å²) >= 11 is 1.57. The number of H-pyrrole nitrogens is 1. The largest absolute Gasteiger partial charge is 0.343 e. The van der Waals surface area contributed by atoms with E-state index < -0.39 is 0 Å². The van der Waals surface area contributed by atoms with Crippen LogP contribution >= 0.6 is 11.8 Å². The number of nitrogens with zero attached hydrogens (tertiary/aromatic N) is 1. The maximum atomic E-state index is 13.0. The van der Waals surface area contributed by atoms with Crippen molar-refractivity contribution in [2.75, 3.05) is 11.1 Å². The number of allylic oxidation sites excluding steroid dienone is 2. The van der Waals surface area contributed by atoms with Gasteiger partial charge in [0, 0.05) is 23.8 Å². The van der Waals surface area contributed by atoms with Crippen LogP contribution in [0.1, 0.15) is 49.7 Å². The van der Waals surface area contributed by atoms with Gasteiger partial charge in [-0.15, -0.1) is 0 Å². The van der Waals surface area contributed by atoms with Gasteiger partial charge in [0.2, 0.25) is 0 Å². The number of Topliss-reactive ketones (excluding diaryl/α,β-unsaturated/α-hetero) is 1. The Hall–Kier alpha value is -2.34. The number of hydrogen-bond donors (Lipinski definition) is 2. The summed E-state index contributed by atoms with van der Waals surface area (Å²) in [6.45, 7) is 2.14. The first-order valence-electron chi connectivity index (χ1n) is 9.50. The summed E-state index contributed by atoms with van der Waals surface area (Å²) in [7, 11) is 0. The number of carbonyl (C=O) groups excluding carboxylic acids is 1. The number of hydrogen-bond acceptors (Lipinski definition) is 5. The molecule has 0 saturated heterocycles. The minimum Gasteiger partial charge on any atom is -0.343 e. The van der Waals surface area contributed by atoms with Crippen molar-refractivity contribution in [3.05, 3.63) is 63.6 Å². The second-order valence-electron chi connectivity index (χ2n) is 6.99. The molecule has 1 aromatic carbocycles. The molecule has 4 rings (SSSR count). The lowest BCUT2D eigenvalue weighted by Gasteiger charge is -2.36. The summed E-state index contributed by atoms with van der Waals surface area (Å²) in [6, 6.07) is 9.82. The first kappa shape index (κ1) is 18.0. The normalized spacial score (nSPS) is 21.1. The van der Waals surface area contributed by atoms with Gasteiger partial charge in [-0.2, -0.15) is 0 Å². The monoisotopic (exact) mass is 381 g/mol. The van der Waals surface area contributed by atoms with Gasteiger partial charge in [-0.3, -0.25) is 9.59 Å². The SMILES string of the molecule is CCCCSc1nc2c(c(=O)[nH]1)[C@@H](c1ccccc1)[C@@H]1C(=O)CCC=C1N2. The van der Waals surface area contributed by atoms with Gasteiger partial charge in [-0.25, -0.2) is 4.98 Å². The number of anilines is 1. The summed E-state index contributed by atoms with van der Waals surface area (Å²) in [5.41, 5.74) is 2.27. The number of thioether (sulfide) groups is 1. The number of aromatic nitrogens is 2. The second-order valence-corrected chi connectivity index (χ2v) is 8.07. The number of carbonyl (C=O) groups is 1. The van der Waals surface area contributed by atoms with Gasteiger partial charge in [-0.1, -0.05) is 61.5 Å². The molecule has 2 aromatic rings. The molecule has 0 bridgehead atoms. The van der Waals surface area contributed by atoms with E-state index >= 15 is 0 Å². The fourth-order valence-corrected chi connectivity index (χ4v) is 4.82. The van der Waals surface area contributed by atoms with Crippen LogP contribution in [-0.4, -0.2) is 21.5 Å². The van der Waals surface area contributed by atoms with Gasteiger partial charge >= 0.3 is 0 Å². The van der Waals surface area contributed by atoms with Crippen molar-refractivity contribution in [3.63, 3.8) is 0 Å². The van der Waals surface area contributed by atoms with Crippen molar-refractivity contribution in [2.24, 2.45) is 5.92 Å². The van der Waals surface area contributed by atoms with Crippen molar-refractivity contribution in [2.45, 2.75) is 43.7 Å². The van der Waals surface area contributed by atoms with Gasteiger partial charge in [0.15, 0.2) is 5.16 Å². The Balaban J connectivity index is 1.83. The van der Waals surface area contributed by atoms with E-state index in [9.17, 15) is 9.59 Å². The van der Waals surface area contributed by atoms with Crippen molar-refractivity contribution in [3.8, 4) is 0 Å². The molecule has 1 aliphatic carbocycles. The lowest BCUT2D eigenvalue weighted by molar-refractivity contribution is -0.122. The van der Waals surface area contributed by atoms with Gasteiger partial charge in [0.25, 0.3) is 5.56 Å². The standard InChI is InChI=1S/C21H23N3O2S/c1-2-3-12-27-21-23-19-18(20(26)24-21)16(13-8-5-4-6-9-13)17-14(22-19)10-7-11-15(17)25/h4-6,8-10,16-17H,2-3,7,11-12H2,1H3,(H2,22,23,24,26)/t16-,17-/m0/s1. The summed E-state index contributed by atoms with van der Waals surface area (Å²) < 4.78 is 0. The van der Waals surface area contributed by atoms with E-state index in [0.29, 0.717) is 23.0 Å². The van der Waals surface area contributed by atoms with Crippen molar-refractivity contribution in [1.82, 2.24) is 9.97 Å². The number of unbranched alkanes of at least 4 members (excludes halogenated alkanes) is 1. The predicted molar refractivity (Wildman–Crippen MR) is 108 cm³/mol. The van der Waals surface area contributed by atoms with Crippen LogP contribution in [0.5, 0.6) is 0 Å². The van der Waals surface area contributed by atoms with E-state index in [2.05, 4.69) is 28.3 Å². The van der Waals surface area contributed by atoms with Crippen LogP contribution in [0.4, 0.5) is 5.82 Å². The average Bonchev–Trinajstić information content (AvgIpc) is 2.67. The molecule has 2 heterocycles. The molecule has 0 amide bonds. The zero-order chi connectivity index (χ0) is 18.8. The highest BCUT2D eigenvalue weighted by atomic mass is 32.2. The molecule has 0 spiro atoms. The summed E-state index contributed by atoms with van der Waals surface area (Å²) in [5, 5.41) is 3.93. The lowest BCUT2D eigenvalue weighted by atomic mass is 9.72. The van der Waals surface area contributed by atoms with Crippen LogP contribution in [-0.2, 0) is 4.79 Å². The zero-order valence-corrected chi connectivity index (χ0v) is 16.1. The Kier molecular flexibility index (Phi) is 5.16. The molecule has 5 nitrogen and oxygen atoms in total. The Morgan fingerprint density at radius 1 is 1.19 bits per heavy atom. The van der Waals surface area contributed by atoms with E-state index in [4.69, 9.17) is 0 Å². The van der Waals surface area contributed by atoms with E-state index in [1.165, 1.54) is 0 Å². The third-order valence-corrected chi connectivity index (χ3v) is 6.13. The molecule has 0 radical (unpaired) electrons. The molecule has 1 aliphatic heterocycles. The van der Waals surface area contributed by atoms with Gasteiger partial charge in [0.05, 0.1) is 11.5 Å². The highest BCUT2D eigenvalue weighted by Gasteiger charge is 2.42. The predicted octanol–water partition coefficient (Wildman–Crippen LogP) is 4.08. The van der Waals surface area contributed by atoms with Gasteiger partial charge in [0.1, 0.15) is 11.6 Å². The minimum atomic E-state index is -0.338. The van der Waals surface area contributed by atoms with E-state index in [-0.39, 0.29) is 23.2 Å². The molecule has 6 heteroatoms. The van der Waals surface area contributed by atoms with Crippen molar-refractivity contribution >= 4 is 23.4 Å². The number of aromatic amines is 1. The summed E-state index contributed by atoms with van der Waals surface area (Å²) in [4.78, 5) is 33.4. The lowest BCUT2D eigenvalue weighted by Crippen LogP contribution is -2.38. The highest BCUT2D eigenvalue weighted by molar-refractivity contribution is 7.99. The number of rotatable bonds is 5. The quantitative estimate of drug-likeness (QED) is 0.464. The highest BCUT2D eigenvalue weighted by Crippen LogP contribution is 2.44. The molecule has 0 saturated carbocycles. The Morgan fingerprint density at radius 2 is 2.00 bits per heavy atom. The zero-order valence-electron chi connectivity index (χ0n) is 15.3. The number of nitrogens with one attached hydrogen (secondary N) is 2. The topological polar surface area (TPSA) is 74.8 Å². The molecule has 2 N–H and O–H groups in total. The van der Waals surface area contributed by atoms with E-state index in [1.807, 2.05) is 30.3 Å². The number of ketones is 1. The molecule has 2 aliphatic rings. The van der Waals surface area contributed by atoms with Crippen LogP contribution in [0.25, 0.3) is 0 Å². The Morgan fingerprint density at radius 3 is 2.78 bits per heavy atom. The number of benzene rings is 1. The summed E-state index contributed by atoms with van der Waals surface area (Å²) in [5.74, 6) is 1.05. The van der Waals surface area contributed by atoms with Crippen LogP contribution in [0.15, 0.2) is 52.1 Å². The maximum absolute atomic E-state index is 13.0. The van der Waals surface area contributed by atoms with Gasteiger partial charge < -0.3 is 10.3 Å². The molecule has 140 valence electrons. The van der Waals surface area contributed by atoms with Crippen LogP contribution in [0, 0.1) is 5.92 Å². The molecule has 27 heavy (non-hydrogen) atoms. The average molecular weight is 382 g/mol. The Bertz CT molecular complexity index is 936. The molecule has 2 atom stereocenters. The third kappa shape index (κ3) is 3.46. The van der Waals surface area contributed by atoms with E-state index in [0.717, 1.165) is 36.3 Å². The van der Waals surface area contributed by atoms with Gasteiger partial charge in [-0.05, 0) is 18.4 Å². The maximum Gasteiger partial charge on any atom is 0.257 e. The summed E-state index contributed by atoms with van der Waals surface area (Å²) in [6.07, 6.45) is 5.51. The smallest absolute Gasteiger partial charge is 0.257 e. The molecule has 0 fully saturated rings. The fraction of sp³-hybridized carbons (Fsp3) is 0.381. The molecule has 0 unspecified atom stereocenters. The molecular weight excluding hydrogens is 358 g/mol. The Labute approximate surface area is 162 Å². The number of fused-ring (bicyclic) bond motifs is 2. The van der Waals surface area contributed by atoms with Crippen molar-refractivity contribution < 1.29 is 4.79 Å². The fourth-order valence-electron chi connectivity index (χ4n) is 3.87. The van der Waals surface area contributed by atoms with Crippen LogP contribution in [0.2, 0.25) is 0 Å². The first-order valence-corrected chi connectivity index (χ1v) is 10.5. The minimum absolute atomic E-state index is 0.155. The van der Waals surface area contributed by atoms with Crippen molar-refractivity contribution in [1.29, 1.82) is 0 Å². The second kappa shape index (κ2) is 7.72. The molecule has 1 aromatic heterocycles.